The summed E-state index contributed by atoms with van der Waals surface area (Å²) in [6.45, 7) is 0. The van der Waals surface area contributed by atoms with E-state index < -0.39 is 0 Å². The zero-order valence-electron chi connectivity index (χ0n) is 8.14. The van der Waals surface area contributed by atoms with Gasteiger partial charge in [0.2, 0.25) is 0 Å². The molecule has 0 aliphatic heterocycles. The number of H-pyrrole nitrogens is 1. The molecule has 3 rings (SSSR count). The lowest BCUT2D eigenvalue weighted by atomic mass is 10.0. The number of nitrogens with one attached hydrogen (secondary N) is 1. The summed E-state index contributed by atoms with van der Waals surface area (Å²) in [4.78, 5) is 0. The molecule has 0 amide bonds. The van der Waals surface area contributed by atoms with Gasteiger partial charge < -0.3 is 0 Å². The standard InChI is InChI=1S/C13H10N2/c1-2-4-11-7-12(6-5-10(11)3-1)13-8-14-15-9-13/h1-9H,(H,14,15). The summed E-state index contributed by atoms with van der Waals surface area (Å²) in [6, 6.07) is 14.8. The summed E-state index contributed by atoms with van der Waals surface area (Å²) in [6.07, 6.45) is 3.74. The number of hydrogen-bond acceptors (Lipinski definition) is 1. The van der Waals surface area contributed by atoms with Crippen molar-refractivity contribution in [3.8, 4) is 11.1 Å². The average molecular weight is 194 g/mol. The summed E-state index contributed by atoms with van der Waals surface area (Å²) in [5.41, 5.74) is 2.32. The van der Waals surface area contributed by atoms with Crippen LogP contribution < -0.4 is 0 Å². The zero-order valence-corrected chi connectivity index (χ0v) is 8.14. The van der Waals surface area contributed by atoms with Gasteiger partial charge in [0, 0.05) is 11.8 Å². The Bertz CT molecular complexity index is 582. The van der Waals surface area contributed by atoms with Crippen LogP contribution in [0.25, 0.3) is 21.9 Å². The molecule has 0 saturated carbocycles. The van der Waals surface area contributed by atoms with E-state index in [1.165, 1.54) is 16.3 Å². The molecule has 72 valence electrons. The van der Waals surface area contributed by atoms with Gasteiger partial charge in [-0.1, -0.05) is 36.4 Å². The van der Waals surface area contributed by atoms with Crippen LogP contribution in [-0.4, -0.2) is 10.2 Å². The number of hydrogen-bond donors (Lipinski definition) is 1. The van der Waals surface area contributed by atoms with Gasteiger partial charge in [-0.2, -0.15) is 5.10 Å². The molecule has 0 aliphatic rings. The molecule has 2 aromatic carbocycles. The molecule has 0 aliphatic carbocycles. The Balaban J connectivity index is 2.22. The third-order valence-corrected chi connectivity index (χ3v) is 2.58. The minimum Gasteiger partial charge on any atom is -0.285 e. The number of benzene rings is 2. The highest BCUT2D eigenvalue weighted by atomic mass is 15.1. The van der Waals surface area contributed by atoms with Crippen LogP contribution in [0, 0.1) is 0 Å². The first-order valence-electron chi connectivity index (χ1n) is 4.91. The van der Waals surface area contributed by atoms with Crippen molar-refractivity contribution in [2.45, 2.75) is 0 Å². The monoisotopic (exact) mass is 194 g/mol. The molecule has 3 aromatic rings. The van der Waals surface area contributed by atoms with Crippen molar-refractivity contribution < 1.29 is 0 Å². The molecule has 0 radical (unpaired) electrons. The predicted octanol–water partition coefficient (Wildman–Crippen LogP) is 3.23. The first-order chi connectivity index (χ1) is 7.43. The molecule has 0 saturated heterocycles. The minimum atomic E-state index is 1.13. The fourth-order valence-corrected chi connectivity index (χ4v) is 1.78. The number of nitrogens with zero attached hydrogens (tertiary/aromatic N) is 1. The maximum absolute atomic E-state index is 3.95. The maximum atomic E-state index is 3.95. The van der Waals surface area contributed by atoms with Gasteiger partial charge in [-0.15, -0.1) is 0 Å². The molecule has 2 nitrogen and oxygen atoms in total. The fraction of sp³-hybridized carbons (Fsp3) is 0. The van der Waals surface area contributed by atoms with Crippen molar-refractivity contribution in [2.24, 2.45) is 0 Å². The molecule has 0 atom stereocenters. The van der Waals surface area contributed by atoms with E-state index in [0.717, 1.165) is 5.56 Å². The van der Waals surface area contributed by atoms with Crippen LogP contribution in [0.15, 0.2) is 54.9 Å². The first kappa shape index (κ1) is 8.24. The molecule has 0 spiro atoms. The Kier molecular flexibility index (Phi) is 1.78. The van der Waals surface area contributed by atoms with E-state index in [1.807, 2.05) is 12.4 Å². The third kappa shape index (κ3) is 1.40. The molecular weight excluding hydrogens is 184 g/mol. The van der Waals surface area contributed by atoms with Gasteiger partial charge in [-0.05, 0) is 22.4 Å². The highest BCUT2D eigenvalue weighted by Gasteiger charge is 1.99. The number of fused-ring (bicyclic) bond motifs is 1. The van der Waals surface area contributed by atoms with E-state index in [4.69, 9.17) is 0 Å². The van der Waals surface area contributed by atoms with E-state index >= 15 is 0 Å². The Morgan fingerprint density at radius 2 is 1.73 bits per heavy atom. The van der Waals surface area contributed by atoms with E-state index in [2.05, 4.69) is 52.7 Å². The summed E-state index contributed by atoms with van der Waals surface area (Å²) in [7, 11) is 0. The second kappa shape index (κ2) is 3.24. The number of aromatic nitrogens is 2. The molecule has 1 heterocycles. The Morgan fingerprint density at radius 3 is 2.53 bits per heavy atom. The summed E-state index contributed by atoms with van der Waals surface area (Å²) >= 11 is 0. The Morgan fingerprint density at radius 1 is 0.867 bits per heavy atom. The van der Waals surface area contributed by atoms with Crippen LogP contribution >= 0.6 is 0 Å². The van der Waals surface area contributed by atoms with Gasteiger partial charge in [0.05, 0.1) is 6.20 Å². The Hall–Kier alpha value is -2.09. The number of aromatic amines is 1. The van der Waals surface area contributed by atoms with Crippen molar-refractivity contribution >= 4 is 10.8 Å². The molecule has 2 heteroatoms. The van der Waals surface area contributed by atoms with Crippen LogP contribution in [0.1, 0.15) is 0 Å². The molecule has 0 fully saturated rings. The van der Waals surface area contributed by atoms with E-state index in [0.29, 0.717) is 0 Å². The first-order valence-corrected chi connectivity index (χ1v) is 4.91. The number of rotatable bonds is 1. The Labute approximate surface area is 87.6 Å². The van der Waals surface area contributed by atoms with Gasteiger partial charge in [-0.3, -0.25) is 5.10 Å². The second-order valence-corrected chi connectivity index (χ2v) is 3.55. The fourth-order valence-electron chi connectivity index (χ4n) is 1.78. The highest BCUT2D eigenvalue weighted by molar-refractivity contribution is 5.87. The topological polar surface area (TPSA) is 28.7 Å². The van der Waals surface area contributed by atoms with Crippen molar-refractivity contribution in [2.75, 3.05) is 0 Å². The van der Waals surface area contributed by atoms with Crippen molar-refractivity contribution in [3.05, 3.63) is 54.9 Å². The predicted molar refractivity (Wildman–Crippen MR) is 61.5 cm³/mol. The molecule has 0 bridgehead atoms. The lowest BCUT2D eigenvalue weighted by Crippen LogP contribution is -1.75. The van der Waals surface area contributed by atoms with E-state index in [1.54, 1.807) is 0 Å². The SMILES string of the molecule is c1ccc2cc(-c3cn[nH]c3)ccc2c1. The second-order valence-electron chi connectivity index (χ2n) is 3.55. The summed E-state index contributed by atoms with van der Waals surface area (Å²) in [5.74, 6) is 0. The highest BCUT2D eigenvalue weighted by Crippen LogP contribution is 2.23. The third-order valence-electron chi connectivity index (χ3n) is 2.58. The van der Waals surface area contributed by atoms with E-state index in [9.17, 15) is 0 Å². The molecule has 0 unspecified atom stereocenters. The lowest BCUT2D eigenvalue weighted by molar-refractivity contribution is 1.09. The van der Waals surface area contributed by atoms with Crippen LogP contribution in [0.5, 0.6) is 0 Å². The quantitative estimate of drug-likeness (QED) is 0.633. The van der Waals surface area contributed by atoms with Gasteiger partial charge in [0.1, 0.15) is 0 Å². The van der Waals surface area contributed by atoms with Crippen LogP contribution in [0.4, 0.5) is 0 Å². The zero-order chi connectivity index (χ0) is 10.1. The smallest absolute Gasteiger partial charge is 0.0565 e. The van der Waals surface area contributed by atoms with E-state index in [-0.39, 0.29) is 0 Å². The summed E-state index contributed by atoms with van der Waals surface area (Å²) < 4.78 is 0. The molecular formula is C13H10N2. The van der Waals surface area contributed by atoms with Crippen LogP contribution in [-0.2, 0) is 0 Å². The van der Waals surface area contributed by atoms with Crippen molar-refractivity contribution in [1.82, 2.24) is 10.2 Å². The van der Waals surface area contributed by atoms with Gasteiger partial charge >= 0.3 is 0 Å². The normalized spacial score (nSPS) is 10.7. The maximum Gasteiger partial charge on any atom is 0.0565 e. The lowest BCUT2D eigenvalue weighted by Gasteiger charge is -2.00. The summed E-state index contributed by atoms with van der Waals surface area (Å²) in [5, 5.41) is 9.31. The van der Waals surface area contributed by atoms with Crippen LogP contribution in [0.2, 0.25) is 0 Å². The molecule has 1 aromatic heterocycles. The van der Waals surface area contributed by atoms with Gasteiger partial charge in [0.15, 0.2) is 0 Å². The van der Waals surface area contributed by atoms with Crippen LogP contribution in [0.3, 0.4) is 0 Å². The van der Waals surface area contributed by atoms with Crippen molar-refractivity contribution in [1.29, 1.82) is 0 Å². The van der Waals surface area contributed by atoms with Gasteiger partial charge in [-0.25, -0.2) is 0 Å². The average Bonchev–Trinajstić information content (AvgIpc) is 2.82. The van der Waals surface area contributed by atoms with Gasteiger partial charge in [0.25, 0.3) is 0 Å². The van der Waals surface area contributed by atoms with Crippen molar-refractivity contribution in [3.63, 3.8) is 0 Å². The minimum absolute atomic E-state index is 1.13. The molecule has 1 N–H and O–H groups in total. The molecule has 15 heavy (non-hydrogen) atoms. The largest absolute Gasteiger partial charge is 0.285 e.